The standard InChI is InChI=1S/C25H35N3O2/c1-27(2)21-6-3-5-17(12-21)16-26-23(29)22-7-4-8-28(22)24(30)25-13-18-9-19(14-25)11-20(10-18)15-25/h3,5-6,12,18-20,22H,4,7-11,13-16H2,1-2H3,(H,26,29). The van der Waals surface area contributed by atoms with Crippen LogP contribution >= 0.6 is 0 Å². The molecule has 6 rings (SSSR count). The summed E-state index contributed by atoms with van der Waals surface area (Å²) in [5, 5.41) is 3.11. The Bertz CT molecular complexity index is 798. The maximum Gasteiger partial charge on any atom is 0.243 e. The molecule has 30 heavy (non-hydrogen) atoms. The van der Waals surface area contributed by atoms with Crippen LogP contribution in [0.4, 0.5) is 5.69 Å². The number of carbonyl (C=O) groups is 2. The van der Waals surface area contributed by atoms with Gasteiger partial charge in [-0.25, -0.2) is 0 Å². The topological polar surface area (TPSA) is 52.7 Å². The number of hydrogen-bond donors (Lipinski definition) is 1. The summed E-state index contributed by atoms with van der Waals surface area (Å²) in [6.07, 6.45) is 8.95. The van der Waals surface area contributed by atoms with Crippen LogP contribution in [0.25, 0.3) is 0 Å². The highest BCUT2D eigenvalue weighted by atomic mass is 16.2. The van der Waals surface area contributed by atoms with Gasteiger partial charge in [0.05, 0.1) is 5.41 Å². The molecular weight excluding hydrogens is 374 g/mol. The first-order valence-electron chi connectivity index (χ1n) is 11.8. The van der Waals surface area contributed by atoms with Crippen LogP contribution in [0.5, 0.6) is 0 Å². The van der Waals surface area contributed by atoms with Gasteiger partial charge in [0, 0.05) is 32.9 Å². The van der Waals surface area contributed by atoms with Crippen molar-refractivity contribution in [1.82, 2.24) is 10.2 Å². The van der Waals surface area contributed by atoms with Gasteiger partial charge in [0.15, 0.2) is 0 Å². The second-order valence-electron chi connectivity index (χ2n) is 10.6. The van der Waals surface area contributed by atoms with Gasteiger partial charge in [-0.15, -0.1) is 0 Å². The highest BCUT2D eigenvalue weighted by Gasteiger charge is 2.56. The molecule has 4 saturated carbocycles. The maximum atomic E-state index is 13.7. The third kappa shape index (κ3) is 3.50. The van der Waals surface area contributed by atoms with Crippen LogP contribution in [-0.4, -0.2) is 43.4 Å². The van der Waals surface area contributed by atoms with Crippen molar-refractivity contribution in [2.24, 2.45) is 23.2 Å². The van der Waals surface area contributed by atoms with Gasteiger partial charge in [-0.2, -0.15) is 0 Å². The van der Waals surface area contributed by atoms with Crippen molar-refractivity contribution in [2.45, 2.75) is 64.0 Å². The lowest BCUT2D eigenvalue weighted by molar-refractivity contribution is -0.160. The predicted octanol–water partition coefficient (Wildman–Crippen LogP) is 3.58. The second-order valence-corrected chi connectivity index (χ2v) is 10.6. The molecule has 5 nitrogen and oxygen atoms in total. The van der Waals surface area contributed by atoms with Gasteiger partial charge in [0.2, 0.25) is 11.8 Å². The van der Waals surface area contributed by atoms with Crippen molar-refractivity contribution in [3.63, 3.8) is 0 Å². The third-order valence-electron chi connectivity index (χ3n) is 8.20. The Morgan fingerprint density at radius 3 is 2.40 bits per heavy atom. The van der Waals surface area contributed by atoms with Crippen molar-refractivity contribution in [1.29, 1.82) is 0 Å². The van der Waals surface area contributed by atoms with E-state index in [0.717, 1.165) is 67.7 Å². The summed E-state index contributed by atoms with van der Waals surface area (Å²) in [6, 6.07) is 7.94. The minimum absolute atomic E-state index is 0.0147. The predicted molar refractivity (Wildman–Crippen MR) is 118 cm³/mol. The number of anilines is 1. The van der Waals surface area contributed by atoms with E-state index in [1.165, 1.54) is 19.3 Å². The first-order valence-corrected chi connectivity index (χ1v) is 11.8. The molecule has 1 heterocycles. The van der Waals surface area contributed by atoms with E-state index in [-0.39, 0.29) is 17.4 Å². The monoisotopic (exact) mass is 409 g/mol. The van der Waals surface area contributed by atoms with E-state index < -0.39 is 0 Å². The Morgan fingerprint density at radius 1 is 1.10 bits per heavy atom. The normalized spacial score (nSPS) is 34.3. The van der Waals surface area contributed by atoms with Gasteiger partial charge in [-0.05, 0) is 86.8 Å². The molecule has 162 valence electrons. The van der Waals surface area contributed by atoms with Crippen LogP contribution in [0, 0.1) is 23.2 Å². The molecule has 4 bridgehead atoms. The van der Waals surface area contributed by atoms with Crippen LogP contribution in [0.2, 0.25) is 0 Å². The molecule has 1 unspecified atom stereocenters. The number of amides is 2. The quantitative estimate of drug-likeness (QED) is 0.809. The molecule has 0 radical (unpaired) electrons. The molecule has 1 saturated heterocycles. The number of nitrogens with one attached hydrogen (secondary N) is 1. The molecule has 1 aromatic rings. The Kier molecular flexibility index (Phi) is 5.03. The van der Waals surface area contributed by atoms with Crippen molar-refractivity contribution < 1.29 is 9.59 Å². The molecule has 5 heteroatoms. The zero-order valence-corrected chi connectivity index (χ0v) is 18.4. The van der Waals surface area contributed by atoms with E-state index in [2.05, 4.69) is 22.3 Å². The summed E-state index contributed by atoms with van der Waals surface area (Å²) in [6.45, 7) is 1.26. The van der Waals surface area contributed by atoms with Crippen molar-refractivity contribution in [2.75, 3.05) is 25.5 Å². The minimum atomic E-state index is -0.289. The van der Waals surface area contributed by atoms with E-state index in [1.807, 2.05) is 31.1 Å². The number of likely N-dealkylation sites (tertiary alicyclic amines) is 1. The molecule has 2 amide bonds. The Hall–Kier alpha value is -2.04. The van der Waals surface area contributed by atoms with Crippen LogP contribution < -0.4 is 10.2 Å². The summed E-state index contributed by atoms with van der Waals surface area (Å²) in [5.41, 5.74) is 2.06. The fourth-order valence-corrected chi connectivity index (χ4v) is 7.21. The summed E-state index contributed by atoms with van der Waals surface area (Å²) < 4.78 is 0. The summed E-state index contributed by atoms with van der Waals surface area (Å²) in [4.78, 5) is 30.8. The molecule has 1 N–H and O–H groups in total. The Morgan fingerprint density at radius 2 is 1.77 bits per heavy atom. The smallest absolute Gasteiger partial charge is 0.243 e. The van der Waals surface area contributed by atoms with Gasteiger partial charge >= 0.3 is 0 Å². The van der Waals surface area contributed by atoms with E-state index in [9.17, 15) is 9.59 Å². The summed E-state index contributed by atoms with van der Waals surface area (Å²) in [5.74, 6) is 2.56. The lowest BCUT2D eigenvalue weighted by Crippen LogP contribution is -2.57. The molecular formula is C25H35N3O2. The number of hydrogen-bond acceptors (Lipinski definition) is 3. The number of carbonyl (C=O) groups excluding carboxylic acids is 2. The highest BCUT2D eigenvalue weighted by molar-refractivity contribution is 5.91. The zero-order chi connectivity index (χ0) is 20.9. The largest absolute Gasteiger partial charge is 0.378 e. The Balaban J connectivity index is 1.25. The van der Waals surface area contributed by atoms with Gasteiger partial charge in [-0.1, -0.05) is 12.1 Å². The van der Waals surface area contributed by atoms with E-state index in [0.29, 0.717) is 12.5 Å². The average molecular weight is 410 g/mol. The lowest BCUT2D eigenvalue weighted by atomic mass is 9.49. The highest BCUT2D eigenvalue weighted by Crippen LogP contribution is 2.60. The molecule has 1 aliphatic heterocycles. The van der Waals surface area contributed by atoms with E-state index in [1.54, 1.807) is 0 Å². The third-order valence-corrected chi connectivity index (χ3v) is 8.20. The molecule has 4 aliphatic carbocycles. The number of nitrogens with zero attached hydrogens (tertiary/aromatic N) is 2. The average Bonchev–Trinajstić information content (AvgIpc) is 3.20. The fourth-order valence-electron chi connectivity index (χ4n) is 7.21. The van der Waals surface area contributed by atoms with Crippen molar-refractivity contribution in [3.05, 3.63) is 29.8 Å². The Labute approximate surface area is 180 Å². The fraction of sp³-hybridized carbons (Fsp3) is 0.680. The molecule has 1 aromatic carbocycles. The van der Waals surface area contributed by atoms with Crippen LogP contribution in [0.15, 0.2) is 24.3 Å². The van der Waals surface area contributed by atoms with Gasteiger partial charge < -0.3 is 15.1 Å². The molecule has 0 spiro atoms. The first-order chi connectivity index (χ1) is 14.4. The first kappa shape index (κ1) is 19.9. The van der Waals surface area contributed by atoms with Crippen LogP contribution in [0.3, 0.4) is 0 Å². The van der Waals surface area contributed by atoms with Crippen LogP contribution in [0.1, 0.15) is 56.9 Å². The molecule has 5 fully saturated rings. The van der Waals surface area contributed by atoms with Crippen molar-refractivity contribution in [3.8, 4) is 0 Å². The summed E-state index contributed by atoms with van der Waals surface area (Å²) in [7, 11) is 4.04. The van der Waals surface area contributed by atoms with Gasteiger partial charge in [0.1, 0.15) is 6.04 Å². The van der Waals surface area contributed by atoms with E-state index in [4.69, 9.17) is 0 Å². The SMILES string of the molecule is CN(C)c1cccc(CNC(=O)C2CCCN2C(=O)C23CC4CC(CC(C4)C2)C3)c1. The van der Waals surface area contributed by atoms with Crippen molar-refractivity contribution >= 4 is 17.5 Å². The summed E-state index contributed by atoms with van der Waals surface area (Å²) >= 11 is 0. The van der Waals surface area contributed by atoms with E-state index >= 15 is 0 Å². The lowest BCUT2D eigenvalue weighted by Gasteiger charge is -2.56. The molecule has 5 aliphatic rings. The second kappa shape index (κ2) is 7.58. The van der Waals surface area contributed by atoms with Gasteiger partial charge in [0.25, 0.3) is 0 Å². The van der Waals surface area contributed by atoms with Crippen LogP contribution in [-0.2, 0) is 16.1 Å². The number of rotatable bonds is 5. The van der Waals surface area contributed by atoms with Gasteiger partial charge in [-0.3, -0.25) is 9.59 Å². The number of benzene rings is 1. The minimum Gasteiger partial charge on any atom is -0.378 e. The zero-order valence-electron chi connectivity index (χ0n) is 18.4. The maximum absolute atomic E-state index is 13.7. The molecule has 1 atom stereocenters. The molecule has 0 aromatic heterocycles.